The number of nitrogens with two attached hydrogens (primary N) is 1. The molecule has 5 nitrogen and oxygen atoms in total. The molecule has 3 aromatic rings. The van der Waals surface area contributed by atoms with Crippen LogP contribution in [0, 0.1) is 13.8 Å². The molecule has 0 saturated heterocycles. The van der Waals surface area contributed by atoms with Crippen LogP contribution in [-0.4, -0.2) is 11.1 Å². The molecule has 0 radical (unpaired) electrons. The average molecular weight is 376 g/mol. The van der Waals surface area contributed by atoms with Crippen LogP contribution in [0.5, 0.6) is 0 Å². The first-order valence-electron chi connectivity index (χ1n) is 7.46. The van der Waals surface area contributed by atoms with Crippen molar-refractivity contribution in [2.45, 2.75) is 13.8 Å². The molecular formula is C18H15Cl2N3O2. The number of hydrogen-bond donors (Lipinski definition) is 2. The van der Waals surface area contributed by atoms with Gasteiger partial charge in [0.2, 0.25) is 0 Å². The van der Waals surface area contributed by atoms with Crippen molar-refractivity contribution in [3.63, 3.8) is 0 Å². The van der Waals surface area contributed by atoms with Crippen molar-refractivity contribution in [3.05, 3.63) is 63.5 Å². The summed E-state index contributed by atoms with van der Waals surface area (Å²) in [5, 5.41) is 7.84. The van der Waals surface area contributed by atoms with Crippen LogP contribution in [0.15, 0.2) is 40.9 Å². The lowest BCUT2D eigenvalue weighted by Crippen LogP contribution is -2.13. The zero-order chi connectivity index (χ0) is 18.1. The number of halogens is 2. The largest absolute Gasteiger partial charge is 0.366 e. The Morgan fingerprint density at radius 3 is 2.36 bits per heavy atom. The van der Waals surface area contributed by atoms with Crippen molar-refractivity contribution in [1.29, 1.82) is 0 Å². The molecule has 7 heteroatoms. The van der Waals surface area contributed by atoms with E-state index in [-0.39, 0.29) is 0 Å². The van der Waals surface area contributed by atoms with Gasteiger partial charge in [0.05, 0.1) is 32.7 Å². The molecule has 0 aliphatic rings. The number of benzene rings is 2. The molecule has 3 rings (SSSR count). The zero-order valence-corrected chi connectivity index (χ0v) is 15.1. The molecule has 0 atom stereocenters. The van der Waals surface area contributed by atoms with Crippen LogP contribution in [0.2, 0.25) is 10.0 Å². The van der Waals surface area contributed by atoms with Crippen molar-refractivity contribution in [3.8, 4) is 11.1 Å². The zero-order valence-electron chi connectivity index (χ0n) is 13.6. The SMILES string of the molecule is Cc1noc(C)c1-c1cc(Cl)c(Nc2ccccc2C(N)=O)c(Cl)c1. The van der Waals surface area contributed by atoms with Crippen molar-refractivity contribution >= 4 is 40.5 Å². The maximum absolute atomic E-state index is 11.6. The number of aromatic nitrogens is 1. The molecular weight excluding hydrogens is 361 g/mol. The van der Waals surface area contributed by atoms with Crippen LogP contribution in [-0.2, 0) is 0 Å². The highest BCUT2D eigenvalue weighted by molar-refractivity contribution is 6.39. The molecule has 0 unspecified atom stereocenters. The number of rotatable bonds is 4. The van der Waals surface area contributed by atoms with Crippen LogP contribution in [0.3, 0.4) is 0 Å². The standard InChI is InChI=1S/C18H15Cl2N3O2/c1-9-16(10(2)25-23-9)11-7-13(19)17(14(20)8-11)22-15-6-4-3-5-12(15)18(21)24/h3-8,22H,1-2H3,(H2,21,24). The van der Waals surface area contributed by atoms with Gasteiger partial charge in [-0.3, -0.25) is 4.79 Å². The molecule has 0 aliphatic heterocycles. The molecule has 0 spiro atoms. The van der Waals surface area contributed by atoms with Gasteiger partial charge in [-0.15, -0.1) is 0 Å². The van der Waals surface area contributed by atoms with Gasteiger partial charge in [0, 0.05) is 5.56 Å². The summed E-state index contributed by atoms with van der Waals surface area (Å²) in [6.45, 7) is 3.68. The first-order valence-corrected chi connectivity index (χ1v) is 8.22. The van der Waals surface area contributed by atoms with E-state index in [1.165, 1.54) is 0 Å². The molecule has 0 saturated carbocycles. The number of hydrogen-bond acceptors (Lipinski definition) is 4. The highest BCUT2D eigenvalue weighted by Crippen LogP contribution is 2.39. The fourth-order valence-corrected chi connectivity index (χ4v) is 3.26. The number of nitrogens with zero attached hydrogens (tertiary/aromatic N) is 1. The highest BCUT2D eigenvalue weighted by atomic mass is 35.5. The molecule has 3 N–H and O–H groups in total. The van der Waals surface area contributed by atoms with E-state index in [1.807, 2.05) is 13.8 Å². The van der Waals surface area contributed by atoms with E-state index in [0.717, 1.165) is 16.8 Å². The Labute approximate surface area is 154 Å². The quantitative estimate of drug-likeness (QED) is 0.663. The molecule has 1 heterocycles. The minimum atomic E-state index is -0.539. The summed E-state index contributed by atoms with van der Waals surface area (Å²) in [4.78, 5) is 11.6. The van der Waals surface area contributed by atoms with Gasteiger partial charge in [-0.2, -0.15) is 0 Å². The lowest BCUT2D eigenvalue weighted by molar-refractivity contribution is 0.100. The van der Waals surface area contributed by atoms with Gasteiger partial charge in [0.25, 0.3) is 5.91 Å². The van der Waals surface area contributed by atoms with E-state index in [0.29, 0.717) is 32.7 Å². The summed E-state index contributed by atoms with van der Waals surface area (Å²) in [5.74, 6) is 0.145. The Morgan fingerprint density at radius 2 is 1.80 bits per heavy atom. The maximum Gasteiger partial charge on any atom is 0.250 e. The Hall–Kier alpha value is -2.50. The molecule has 0 aliphatic carbocycles. The Morgan fingerprint density at radius 1 is 1.16 bits per heavy atom. The van der Waals surface area contributed by atoms with Crippen molar-refractivity contribution in [2.75, 3.05) is 5.32 Å². The van der Waals surface area contributed by atoms with E-state index < -0.39 is 5.91 Å². The third kappa shape index (κ3) is 3.34. The van der Waals surface area contributed by atoms with Crippen LogP contribution >= 0.6 is 23.2 Å². The summed E-state index contributed by atoms with van der Waals surface area (Å²) in [7, 11) is 0. The smallest absolute Gasteiger partial charge is 0.250 e. The topological polar surface area (TPSA) is 81.2 Å². The van der Waals surface area contributed by atoms with Crippen molar-refractivity contribution in [1.82, 2.24) is 5.16 Å². The molecule has 1 aromatic heterocycles. The van der Waals surface area contributed by atoms with Crippen molar-refractivity contribution < 1.29 is 9.32 Å². The second kappa shape index (κ2) is 6.78. The first-order chi connectivity index (χ1) is 11.9. The Bertz CT molecular complexity index is 924. The van der Waals surface area contributed by atoms with E-state index >= 15 is 0 Å². The van der Waals surface area contributed by atoms with Gasteiger partial charge < -0.3 is 15.6 Å². The fourth-order valence-electron chi connectivity index (χ4n) is 2.67. The minimum Gasteiger partial charge on any atom is -0.366 e. The number of para-hydroxylation sites is 1. The Balaban J connectivity index is 2.04. The van der Waals surface area contributed by atoms with E-state index in [2.05, 4.69) is 10.5 Å². The van der Waals surface area contributed by atoms with Gasteiger partial charge in [0.15, 0.2) is 0 Å². The predicted octanol–water partition coefficient (Wildman–Crippen LogP) is 5.11. The minimum absolute atomic E-state index is 0.351. The number of primary amides is 1. The third-order valence-electron chi connectivity index (χ3n) is 3.82. The second-order valence-corrected chi connectivity index (χ2v) is 6.36. The Kier molecular flexibility index (Phi) is 4.70. The first kappa shape index (κ1) is 17.3. The molecule has 2 aromatic carbocycles. The van der Waals surface area contributed by atoms with Crippen LogP contribution in [0.4, 0.5) is 11.4 Å². The predicted molar refractivity (Wildman–Crippen MR) is 99.7 cm³/mol. The molecule has 25 heavy (non-hydrogen) atoms. The summed E-state index contributed by atoms with van der Waals surface area (Å²) >= 11 is 12.8. The lowest BCUT2D eigenvalue weighted by Gasteiger charge is -2.14. The van der Waals surface area contributed by atoms with Crippen LogP contribution in [0.25, 0.3) is 11.1 Å². The number of aryl methyl sites for hydroxylation is 2. The number of carbonyl (C=O) groups is 1. The van der Waals surface area contributed by atoms with Gasteiger partial charge in [0.1, 0.15) is 5.76 Å². The number of anilines is 2. The summed E-state index contributed by atoms with van der Waals surface area (Å²) in [5.41, 5.74) is 9.19. The van der Waals surface area contributed by atoms with E-state index in [9.17, 15) is 4.79 Å². The van der Waals surface area contributed by atoms with Gasteiger partial charge >= 0.3 is 0 Å². The number of amides is 1. The summed E-state index contributed by atoms with van der Waals surface area (Å²) in [6.07, 6.45) is 0. The normalized spacial score (nSPS) is 10.7. The molecule has 128 valence electrons. The van der Waals surface area contributed by atoms with E-state index in [4.69, 9.17) is 33.5 Å². The number of nitrogens with one attached hydrogen (secondary N) is 1. The number of carbonyl (C=O) groups excluding carboxylic acids is 1. The third-order valence-corrected chi connectivity index (χ3v) is 4.41. The van der Waals surface area contributed by atoms with Crippen LogP contribution in [0.1, 0.15) is 21.8 Å². The lowest BCUT2D eigenvalue weighted by atomic mass is 10.0. The van der Waals surface area contributed by atoms with Crippen molar-refractivity contribution in [2.24, 2.45) is 5.73 Å². The van der Waals surface area contributed by atoms with Crippen LogP contribution < -0.4 is 11.1 Å². The molecule has 0 fully saturated rings. The average Bonchev–Trinajstić information content (AvgIpc) is 2.89. The van der Waals surface area contributed by atoms with Gasteiger partial charge in [-0.05, 0) is 43.7 Å². The molecule has 0 bridgehead atoms. The van der Waals surface area contributed by atoms with Gasteiger partial charge in [-0.25, -0.2) is 0 Å². The summed E-state index contributed by atoms with van der Waals surface area (Å²) in [6, 6.07) is 10.4. The highest BCUT2D eigenvalue weighted by Gasteiger charge is 2.17. The monoisotopic (exact) mass is 375 g/mol. The fraction of sp³-hybridized carbons (Fsp3) is 0.111. The molecule has 1 amide bonds. The van der Waals surface area contributed by atoms with E-state index in [1.54, 1.807) is 36.4 Å². The summed E-state index contributed by atoms with van der Waals surface area (Å²) < 4.78 is 5.19. The van der Waals surface area contributed by atoms with Gasteiger partial charge in [-0.1, -0.05) is 40.5 Å². The second-order valence-electron chi connectivity index (χ2n) is 5.55. The maximum atomic E-state index is 11.6.